The standard InChI is InChI=1S/C8H5BrCl/c1-2-6-4-3-5-7(9)8(6)10/h3-5H,1H2. The molecular weight excluding hydrogens is 211 g/mol. The van der Waals surface area contributed by atoms with Gasteiger partial charge in [0.1, 0.15) is 0 Å². The highest BCUT2D eigenvalue weighted by Gasteiger charge is 1.98. The lowest BCUT2D eigenvalue weighted by Gasteiger charge is -1.97. The van der Waals surface area contributed by atoms with Crippen LogP contribution in [0.5, 0.6) is 0 Å². The van der Waals surface area contributed by atoms with Crippen molar-refractivity contribution in [2.75, 3.05) is 0 Å². The minimum Gasteiger partial charge on any atom is -0.0905 e. The van der Waals surface area contributed by atoms with Crippen LogP contribution in [0.1, 0.15) is 5.56 Å². The molecule has 1 aromatic rings. The molecule has 0 aliphatic carbocycles. The van der Waals surface area contributed by atoms with E-state index in [1.165, 1.54) is 0 Å². The molecule has 0 aliphatic heterocycles. The zero-order valence-corrected chi connectivity index (χ0v) is 7.54. The third-order valence-corrected chi connectivity index (χ3v) is 2.44. The highest BCUT2D eigenvalue weighted by atomic mass is 79.9. The summed E-state index contributed by atoms with van der Waals surface area (Å²) in [5.74, 6) is 0. The lowest BCUT2D eigenvalue weighted by Crippen LogP contribution is -1.75. The molecule has 51 valence electrons. The van der Waals surface area contributed by atoms with E-state index >= 15 is 0 Å². The molecule has 0 amide bonds. The van der Waals surface area contributed by atoms with E-state index in [-0.39, 0.29) is 0 Å². The van der Waals surface area contributed by atoms with Crippen molar-refractivity contribution in [1.29, 1.82) is 0 Å². The molecule has 0 unspecified atom stereocenters. The van der Waals surface area contributed by atoms with Gasteiger partial charge in [-0.25, -0.2) is 0 Å². The number of benzene rings is 1. The first kappa shape index (κ1) is 7.83. The SMILES string of the molecule is C=[C]c1cccc(Br)c1Cl. The lowest BCUT2D eigenvalue weighted by atomic mass is 10.2. The fraction of sp³-hybridized carbons (Fsp3) is 0. The quantitative estimate of drug-likeness (QED) is 0.675. The Morgan fingerprint density at radius 2 is 2.20 bits per heavy atom. The Bertz CT molecular complexity index is 255. The van der Waals surface area contributed by atoms with Crippen molar-refractivity contribution in [3.05, 3.63) is 45.9 Å². The molecule has 10 heavy (non-hydrogen) atoms. The zero-order valence-electron chi connectivity index (χ0n) is 5.20. The summed E-state index contributed by atoms with van der Waals surface area (Å²) in [5.41, 5.74) is 0.830. The normalized spacial score (nSPS) is 9.40. The van der Waals surface area contributed by atoms with Gasteiger partial charge in [0.05, 0.1) is 5.02 Å². The highest BCUT2D eigenvalue weighted by Crippen LogP contribution is 2.25. The summed E-state index contributed by atoms with van der Waals surface area (Å²) in [5, 5.41) is 0.664. The van der Waals surface area contributed by atoms with Crippen LogP contribution in [0.3, 0.4) is 0 Å². The van der Waals surface area contributed by atoms with Gasteiger partial charge in [0.25, 0.3) is 0 Å². The van der Waals surface area contributed by atoms with Crippen LogP contribution in [-0.4, -0.2) is 0 Å². The van der Waals surface area contributed by atoms with Gasteiger partial charge in [-0.15, -0.1) is 0 Å². The summed E-state index contributed by atoms with van der Waals surface area (Å²) in [6.07, 6.45) is 2.72. The molecule has 1 rings (SSSR count). The molecule has 2 heteroatoms. The molecule has 0 N–H and O–H groups in total. The first-order valence-corrected chi connectivity index (χ1v) is 3.90. The fourth-order valence-corrected chi connectivity index (χ4v) is 1.20. The molecule has 0 heterocycles. The Morgan fingerprint density at radius 3 is 2.70 bits per heavy atom. The molecule has 0 atom stereocenters. The van der Waals surface area contributed by atoms with Crippen LogP contribution in [0.15, 0.2) is 29.3 Å². The van der Waals surface area contributed by atoms with Crippen molar-refractivity contribution in [3.63, 3.8) is 0 Å². The summed E-state index contributed by atoms with van der Waals surface area (Å²) in [6.45, 7) is 3.50. The minimum absolute atomic E-state index is 0.664. The Labute approximate surface area is 73.6 Å². The van der Waals surface area contributed by atoms with Gasteiger partial charge in [0.2, 0.25) is 0 Å². The fourth-order valence-electron chi connectivity index (χ4n) is 0.640. The van der Waals surface area contributed by atoms with Crippen molar-refractivity contribution in [2.24, 2.45) is 0 Å². The molecule has 0 saturated heterocycles. The second-order valence-corrected chi connectivity index (χ2v) is 3.01. The van der Waals surface area contributed by atoms with Crippen molar-refractivity contribution >= 4 is 27.5 Å². The van der Waals surface area contributed by atoms with Gasteiger partial charge < -0.3 is 0 Å². The van der Waals surface area contributed by atoms with Gasteiger partial charge in [-0.2, -0.15) is 0 Å². The largest absolute Gasteiger partial charge is 0.0905 e. The summed E-state index contributed by atoms with van der Waals surface area (Å²) in [6, 6.07) is 5.63. The van der Waals surface area contributed by atoms with Crippen LogP contribution in [0.2, 0.25) is 5.02 Å². The molecular formula is C8H5BrCl. The van der Waals surface area contributed by atoms with Gasteiger partial charge in [-0.05, 0) is 28.1 Å². The van der Waals surface area contributed by atoms with E-state index in [0.29, 0.717) is 5.02 Å². The van der Waals surface area contributed by atoms with Gasteiger partial charge in [-0.1, -0.05) is 30.3 Å². The molecule has 0 spiro atoms. The van der Waals surface area contributed by atoms with Crippen LogP contribution in [-0.2, 0) is 0 Å². The minimum atomic E-state index is 0.664. The maximum Gasteiger partial charge on any atom is 0.0626 e. The predicted octanol–water partition coefficient (Wildman–Crippen LogP) is 3.44. The van der Waals surface area contributed by atoms with Crippen LogP contribution in [0.25, 0.3) is 0 Å². The van der Waals surface area contributed by atoms with Crippen LogP contribution in [0, 0.1) is 6.08 Å². The average molecular weight is 216 g/mol. The topological polar surface area (TPSA) is 0 Å². The van der Waals surface area contributed by atoms with Gasteiger partial charge in [0, 0.05) is 10.0 Å². The maximum absolute atomic E-state index is 5.84. The Kier molecular flexibility index (Phi) is 2.52. The number of hydrogen-bond acceptors (Lipinski definition) is 0. The molecule has 0 saturated carbocycles. The van der Waals surface area contributed by atoms with Crippen molar-refractivity contribution < 1.29 is 0 Å². The second kappa shape index (κ2) is 3.22. The summed E-state index contributed by atoms with van der Waals surface area (Å²) < 4.78 is 0.878. The third kappa shape index (κ3) is 1.41. The monoisotopic (exact) mass is 215 g/mol. The van der Waals surface area contributed by atoms with Gasteiger partial charge >= 0.3 is 0 Å². The van der Waals surface area contributed by atoms with Crippen LogP contribution < -0.4 is 0 Å². The van der Waals surface area contributed by atoms with Crippen molar-refractivity contribution in [3.8, 4) is 0 Å². The highest BCUT2D eigenvalue weighted by molar-refractivity contribution is 9.10. The number of halogens is 2. The third-order valence-electron chi connectivity index (χ3n) is 1.14. The molecule has 0 aromatic heterocycles. The molecule has 0 fully saturated rings. The predicted molar refractivity (Wildman–Crippen MR) is 47.1 cm³/mol. The molecule has 1 radical (unpaired) electrons. The van der Waals surface area contributed by atoms with E-state index in [1.807, 2.05) is 18.2 Å². The van der Waals surface area contributed by atoms with Crippen LogP contribution >= 0.6 is 27.5 Å². The van der Waals surface area contributed by atoms with E-state index in [1.54, 1.807) is 0 Å². The molecule has 1 aromatic carbocycles. The van der Waals surface area contributed by atoms with Gasteiger partial charge in [-0.3, -0.25) is 0 Å². The average Bonchev–Trinajstić information content (AvgIpc) is 1.95. The summed E-state index contributed by atoms with van der Waals surface area (Å²) in [4.78, 5) is 0. The van der Waals surface area contributed by atoms with Crippen molar-refractivity contribution in [1.82, 2.24) is 0 Å². The summed E-state index contributed by atoms with van der Waals surface area (Å²) in [7, 11) is 0. The first-order chi connectivity index (χ1) is 4.75. The van der Waals surface area contributed by atoms with E-state index in [9.17, 15) is 0 Å². The Balaban J connectivity index is 3.27. The molecule has 0 aliphatic rings. The molecule has 0 nitrogen and oxygen atoms in total. The zero-order chi connectivity index (χ0) is 7.56. The van der Waals surface area contributed by atoms with E-state index in [0.717, 1.165) is 10.0 Å². The smallest absolute Gasteiger partial charge is 0.0626 e. The van der Waals surface area contributed by atoms with Crippen LogP contribution in [0.4, 0.5) is 0 Å². The lowest BCUT2D eigenvalue weighted by molar-refractivity contribution is 1.55. The van der Waals surface area contributed by atoms with Gasteiger partial charge in [0.15, 0.2) is 0 Å². The molecule has 0 bridgehead atoms. The summed E-state index contributed by atoms with van der Waals surface area (Å²) >= 11 is 9.13. The first-order valence-electron chi connectivity index (χ1n) is 2.73. The van der Waals surface area contributed by atoms with E-state index in [4.69, 9.17) is 11.6 Å². The van der Waals surface area contributed by atoms with E-state index < -0.39 is 0 Å². The van der Waals surface area contributed by atoms with E-state index in [2.05, 4.69) is 28.6 Å². The Morgan fingerprint density at radius 1 is 1.50 bits per heavy atom. The number of rotatable bonds is 1. The second-order valence-electron chi connectivity index (χ2n) is 1.78. The van der Waals surface area contributed by atoms with Crippen molar-refractivity contribution in [2.45, 2.75) is 0 Å². The maximum atomic E-state index is 5.84. The Hall–Kier alpha value is -0.270. The number of hydrogen-bond donors (Lipinski definition) is 0.